The molecule has 1 unspecified atom stereocenters. The van der Waals surface area contributed by atoms with E-state index in [0.717, 1.165) is 12.3 Å². The summed E-state index contributed by atoms with van der Waals surface area (Å²) in [6, 6.07) is 0. The van der Waals surface area contributed by atoms with E-state index in [1.54, 1.807) is 0 Å². The van der Waals surface area contributed by atoms with Gasteiger partial charge in [0.1, 0.15) is 0 Å². The Balaban J connectivity index is 3.38. The van der Waals surface area contributed by atoms with Gasteiger partial charge in [0.25, 0.3) is 0 Å². The van der Waals surface area contributed by atoms with E-state index in [-0.39, 0.29) is 6.61 Å². The summed E-state index contributed by atoms with van der Waals surface area (Å²) in [5, 5.41) is 8.65. The van der Waals surface area contributed by atoms with E-state index >= 15 is 0 Å². The Kier molecular flexibility index (Phi) is 8.11. The second kappa shape index (κ2) is 8.31. The molecule has 0 bridgehead atoms. The van der Waals surface area contributed by atoms with Gasteiger partial charge in [0.2, 0.25) is 0 Å². The van der Waals surface area contributed by atoms with E-state index < -0.39 is 0 Å². The summed E-state index contributed by atoms with van der Waals surface area (Å²) < 4.78 is 0. The summed E-state index contributed by atoms with van der Waals surface area (Å²) in [6.45, 7) is 6.86. The van der Waals surface area contributed by atoms with Crippen molar-refractivity contribution in [2.75, 3.05) is 6.61 Å². The van der Waals surface area contributed by atoms with Gasteiger partial charge in [-0.25, -0.2) is 0 Å². The molecule has 1 heteroatoms. The Morgan fingerprint density at radius 1 is 1.38 bits per heavy atom. The predicted octanol–water partition coefficient (Wildman–Crippen LogP) is 3.53. The summed E-state index contributed by atoms with van der Waals surface area (Å²) in [5.41, 5.74) is 1.33. The van der Waals surface area contributed by atoms with Crippen LogP contribution in [0.2, 0.25) is 0 Å². The number of allylic oxidation sites excluding steroid dienone is 1. The lowest BCUT2D eigenvalue weighted by Crippen LogP contribution is -1.94. The molecule has 1 N–H and O–H groups in total. The normalized spacial score (nSPS) is 14.6. The third kappa shape index (κ3) is 8.04. The molecule has 0 radical (unpaired) electrons. The summed E-state index contributed by atoms with van der Waals surface area (Å²) in [5.74, 6) is 0.868. The molecule has 0 aliphatic rings. The highest BCUT2D eigenvalue weighted by atomic mass is 16.2. The van der Waals surface area contributed by atoms with Crippen LogP contribution in [0, 0.1) is 5.92 Å². The van der Waals surface area contributed by atoms with Crippen molar-refractivity contribution in [3.8, 4) is 0 Å². The van der Waals surface area contributed by atoms with Crippen molar-refractivity contribution in [3.05, 3.63) is 11.6 Å². The first kappa shape index (κ1) is 12.7. The highest BCUT2D eigenvalue weighted by molar-refractivity contribution is 4.97. The Morgan fingerprint density at radius 3 is 2.62 bits per heavy atom. The Morgan fingerprint density at radius 2 is 2.08 bits per heavy atom. The van der Waals surface area contributed by atoms with Crippen molar-refractivity contribution in [1.82, 2.24) is 0 Å². The molecule has 0 aromatic heterocycles. The fourth-order valence-corrected chi connectivity index (χ4v) is 1.62. The molecule has 0 rings (SSSR count). The van der Waals surface area contributed by atoms with Crippen LogP contribution in [0.4, 0.5) is 0 Å². The topological polar surface area (TPSA) is 20.2 Å². The second-order valence-corrected chi connectivity index (χ2v) is 4.02. The fraction of sp³-hybridized carbons (Fsp3) is 0.833. The van der Waals surface area contributed by atoms with E-state index in [2.05, 4.69) is 20.8 Å². The first-order valence-electron chi connectivity index (χ1n) is 5.47. The molecule has 0 amide bonds. The van der Waals surface area contributed by atoms with Gasteiger partial charge in [-0.15, -0.1) is 0 Å². The lowest BCUT2D eigenvalue weighted by molar-refractivity contribution is 0.341. The van der Waals surface area contributed by atoms with Crippen LogP contribution in [0.5, 0.6) is 0 Å². The van der Waals surface area contributed by atoms with Crippen LogP contribution in [-0.2, 0) is 0 Å². The summed E-state index contributed by atoms with van der Waals surface area (Å²) >= 11 is 0. The molecular formula is C12H24O. The van der Waals surface area contributed by atoms with Gasteiger partial charge in [0, 0.05) is 0 Å². The molecule has 0 aromatic carbocycles. The summed E-state index contributed by atoms with van der Waals surface area (Å²) in [7, 11) is 0. The van der Waals surface area contributed by atoms with Gasteiger partial charge in [-0.2, -0.15) is 0 Å². The van der Waals surface area contributed by atoms with Gasteiger partial charge in [0.15, 0.2) is 0 Å². The first-order valence-corrected chi connectivity index (χ1v) is 5.47. The van der Waals surface area contributed by atoms with E-state index in [0.29, 0.717) is 0 Å². The molecule has 0 heterocycles. The SMILES string of the molecule is CCCC(C)CCC/C(C)=C/CO. The molecular weight excluding hydrogens is 160 g/mol. The monoisotopic (exact) mass is 184 g/mol. The van der Waals surface area contributed by atoms with Crippen molar-refractivity contribution in [3.63, 3.8) is 0 Å². The van der Waals surface area contributed by atoms with Crippen molar-refractivity contribution < 1.29 is 5.11 Å². The van der Waals surface area contributed by atoms with Crippen molar-refractivity contribution in [2.45, 2.75) is 52.9 Å². The Hall–Kier alpha value is -0.300. The van der Waals surface area contributed by atoms with E-state index in [9.17, 15) is 0 Å². The molecule has 1 nitrogen and oxygen atoms in total. The maximum absolute atomic E-state index is 8.65. The van der Waals surface area contributed by atoms with Crippen LogP contribution in [0.3, 0.4) is 0 Å². The number of aliphatic hydroxyl groups is 1. The van der Waals surface area contributed by atoms with Gasteiger partial charge in [0.05, 0.1) is 6.61 Å². The number of aliphatic hydroxyl groups excluding tert-OH is 1. The zero-order valence-electron chi connectivity index (χ0n) is 9.34. The molecule has 0 aliphatic carbocycles. The molecule has 78 valence electrons. The fourth-order valence-electron chi connectivity index (χ4n) is 1.62. The highest BCUT2D eigenvalue weighted by Gasteiger charge is 2.00. The van der Waals surface area contributed by atoms with Gasteiger partial charge >= 0.3 is 0 Å². The van der Waals surface area contributed by atoms with Crippen LogP contribution in [-0.4, -0.2) is 11.7 Å². The lowest BCUT2D eigenvalue weighted by atomic mass is 9.98. The predicted molar refractivity (Wildman–Crippen MR) is 58.8 cm³/mol. The molecule has 0 aliphatic heterocycles. The minimum absolute atomic E-state index is 0.191. The smallest absolute Gasteiger partial charge is 0.0614 e. The number of hydrogen-bond donors (Lipinski definition) is 1. The Labute approximate surface area is 82.9 Å². The van der Waals surface area contributed by atoms with Gasteiger partial charge < -0.3 is 5.11 Å². The Bertz CT molecular complexity index is 138. The molecule has 0 saturated heterocycles. The first-order chi connectivity index (χ1) is 6.20. The second-order valence-electron chi connectivity index (χ2n) is 4.02. The average molecular weight is 184 g/mol. The lowest BCUT2D eigenvalue weighted by Gasteiger charge is -2.09. The zero-order valence-corrected chi connectivity index (χ0v) is 9.34. The summed E-state index contributed by atoms with van der Waals surface area (Å²) in [6.07, 6.45) is 8.29. The van der Waals surface area contributed by atoms with E-state index in [1.807, 2.05) is 6.08 Å². The maximum atomic E-state index is 8.65. The van der Waals surface area contributed by atoms with Gasteiger partial charge in [-0.05, 0) is 25.7 Å². The van der Waals surface area contributed by atoms with E-state index in [1.165, 1.54) is 31.3 Å². The molecule has 13 heavy (non-hydrogen) atoms. The van der Waals surface area contributed by atoms with Gasteiger partial charge in [-0.1, -0.05) is 44.8 Å². The standard InChI is InChI=1S/C12H24O/c1-4-6-11(2)7-5-8-12(3)9-10-13/h9,11,13H,4-8,10H2,1-3H3/b12-9+. The van der Waals surface area contributed by atoms with Crippen molar-refractivity contribution in [1.29, 1.82) is 0 Å². The third-order valence-electron chi connectivity index (χ3n) is 2.49. The van der Waals surface area contributed by atoms with Gasteiger partial charge in [-0.3, -0.25) is 0 Å². The average Bonchev–Trinajstić information content (AvgIpc) is 2.05. The summed E-state index contributed by atoms with van der Waals surface area (Å²) in [4.78, 5) is 0. The molecule has 0 saturated carbocycles. The van der Waals surface area contributed by atoms with Crippen molar-refractivity contribution >= 4 is 0 Å². The minimum atomic E-state index is 0.191. The maximum Gasteiger partial charge on any atom is 0.0614 e. The molecule has 1 atom stereocenters. The van der Waals surface area contributed by atoms with Crippen LogP contribution in [0.15, 0.2) is 11.6 Å². The van der Waals surface area contributed by atoms with Crippen LogP contribution < -0.4 is 0 Å². The van der Waals surface area contributed by atoms with Crippen LogP contribution in [0.1, 0.15) is 52.9 Å². The minimum Gasteiger partial charge on any atom is -0.392 e. The zero-order chi connectivity index (χ0) is 10.1. The molecule has 0 fully saturated rings. The third-order valence-corrected chi connectivity index (χ3v) is 2.49. The van der Waals surface area contributed by atoms with Crippen LogP contribution in [0.25, 0.3) is 0 Å². The van der Waals surface area contributed by atoms with E-state index in [4.69, 9.17) is 5.11 Å². The van der Waals surface area contributed by atoms with Crippen molar-refractivity contribution in [2.24, 2.45) is 5.92 Å². The number of rotatable bonds is 7. The molecule has 0 aromatic rings. The highest BCUT2D eigenvalue weighted by Crippen LogP contribution is 2.15. The van der Waals surface area contributed by atoms with Crippen LogP contribution >= 0.6 is 0 Å². The number of hydrogen-bond acceptors (Lipinski definition) is 1. The quantitative estimate of drug-likeness (QED) is 0.600. The molecule has 0 spiro atoms. The largest absolute Gasteiger partial charge is 0.392 e.